The summed E-state index contributed by atoms with van der Waals surface area (Å²) >= 11 is 0. The van der Waals surface area contributed by atoms with Crippen LogP contribution >= 0.6 is 0 Å². The lowest BCUT2D eigenvalue weighted by Gasteiger charge is -2.24. The van der Waals surface area contributed by atoms with E-state index in [4.69, 9.17) is 10.8 Å². The molecule has 90 valence electrons. The van der Waals surface area contributed by atoms with E-state index in [-0.39, 0.29) is 17.9 Å². The Morgan fingerprint density at radius 2 is 2.13 bits per heavy atom. The number of aliphatic hydroxyl groups excluding tert-OH is 1. The predicted molar refractivity (Wildman–Crippen MR) is 61.4 cm³/mol. The number of carbonyl (C=O) groups excluding carboxylic acids is 1. The Hall–Kier alpha value is -0.610. The third-order valence-corrected chi connectivity index (χ3v) is 2.47. The molecule has 0 saturated heterocycles. The van der Waals surface area contributed by atoms with Crippen LogP contribution < -0.4 is 11.1 Å². The third kappa shape index (κ3) is 6.47. The number of rotatable bonds is 7. The van der Waals surface area contributed by atoms with Gasteiger partial charge in [0.2, 0.25) is 5.91 Å². The van der Waals surface area contributed by atoms with Crippen LogP contribution in [-0.2, 0) is 4.79 Å². The predicted octanol–water partition coefficient (Wildman–Crippen LogP) is 0.639. The summed E-state index contributed by atoms with van der Waals surface area (Å²) in [5.74, 6) is -0.0946. The Bertz CT molecular complexity index is 193. The van der Waals surface area contributed by atoms with E-state index in [0.29, 0.717) is 19.4 Å². The monoisotopic (exact) mass is 216 g/mol. The zero-order valence-electron chi connectivity index (χ0n) is 10.0. The van der Waals surface area contributed by atoms with Crippen LogP contribution in [0.15, 0.2) is 0 Å². The van der Waals surface area contributed by atoms with Crippen LogP contribution in [0, 0.1) is 5.41 Å². The quantitative estimate of drug-likeness (QED) is 0.584. The second-order valence-corrected chi connectivity index (χ2v) is 4.75. The Morgan fingerprint density at radius 1 is 1.53 bits per heavy atom. The van der Waals surface area contributed by atoms with Gasteiger partial charge in [-0.25, -0.2) is 0 Å². The summed E-state index contributed by atoms with van der Waals surface area (Å²) in [5, 5.41) is 11.6. The van der Waals surface area contributed by atoms with E-state index >= 15 is 0 Å². The molecule has 0 aliphatic carbocycles. The standard InChI is InChI=1S/C11H24N2O2/c1-4-5-9(12)10(15)13-8-11(2,3)6-7-14/h9,14H,4-8,12H2,1-3H3,(H,13,15)/t9-/m0/s1. The molecule has 1 atom stereocenters. The lowest BCUT2D eigenvalue weighted by Crippen LogP contribution is -2.44. The Morgan fingerprint density at radius 3 is 2.60 bits per heavy atom. The molecule has 0 bridgehead atoms. The van der Waals surface area contributed by atoms with E-state index in [1.165, 1.54) is 0 Å². The van der Waals surface area contributed by atoms with Crippen molar-refractivity contribution >= 4 is 5.91 Å². The molecule has 0 heterocycles. The fourth-order valence-electron chi connectivity index (χ4n) is 1.29. The highest BCUT2D eigenvalue weighted by Gasteiger charge is 2.20. The number of nitrogens with one attached hydrogen (secondary N) is 1. The number of aliphatic hydroxyl groups is 1. The molecule has 4 N–H and O–H groups in total. The number of carbonyl (C=O) groups is 1. The minimum absolute atomic E-state index is 0.0731. The maximum absolute atomic E-state index is 11.5. The summed E-state index contributed by atoms with van der Waals surface area (Å²) in [7, 11) is 0. The summed E-state index contributed by atoms with van der Waals surface area (Å²) in [4.78, 5) is 11.5. The number of nitrogens with two attached hydrogens (primary N) is 1. The van der Waals surface area contributed by atoms with Crippen LogP contribution in [0.1, 0.15) is 40.0 Å². The Balaban J connectivity index is 3.88. The van der Waals surface area contributed by atoms with Gasteiger partial charge < -0.3 is 16.2 Å². The maximum atomic E-state index is 11.5. The zero-order chi connectivity index (χ0) is 11.9. The smallest absolute Gasteiger partial charge is 0.236 e. The molecule has 15 heavy (non-hydrogen) atoms. The van der Waals surface area contributed by atoms with Crippen molar-refractivity contribution in [2.75, 3.05) is 13.2 Å². The van der Waals surface area contributed by atoms with Gasteiger partial charge >= 0.3 is 0 Å². The van der Waals surface area contributed by atoms with E-state index in [2.05, 4.69) is 5.32 Å². The van der Waals surface area contributed by atoms with Crippen molar-refractivity contribution in [1.82, 2.24) is 5.32 Å². The van der Waals surface area contributed by atoms with E-state index < -0.39 is 6.04 Å². The SMILES string of the molecule is CCC[C@H](N)C(=O)NCC(C)(C)CCO. The summed E-state index contributed by atoms with van der Waals surface area (Å²) < 4.78 is 0. The maximum Gasteiger partial charge on any atom is 0.236 e. The summed E-state index contributed by atoms with van der Waals surface area (Å²) in [6, 6.07) is -0.403. The first kappa shape index (κ1) is 14.4. The zero-order valence-corrected chi connectivity index (χ0v) is 10.0. The number of amides is 1. The van der Waals surface area contributed by atoms with Gasteiger partial charge in [0, 0.05) is 13.2 Å². The highest BCUT2D eigenvalue weighted by Crippen LogP contribution is 2.17. The van der Waals surface area contributed by atoms with Gasteiger partial charge in [0.25, 0.3) is 0 Å². The molecular formula is C11H24N2O2. The minimum Gasteiger partial charge on any atom is -0.396 e. The third-order valence-electron chi connectivity index (χ3n) is 2.47. The van der Waals surface area contributed by atoms with Gasteiger partial charge in [0.15, 0.2) is 0 Å². The summed E-state index contributed by atoms with van der Waals surface area (Å²) in [6.07, 6.45) is 2.30. The van der Waals surface area contributed by atoms with Gasteiger partial charge in [-0.15, -0.1) is 0 Å². The van der Waals surface area contributed by atoms with Crippen LogP contribution in [0.3, 0.4) is 0 Å². The van der Waals surface area contributed by atoms with Crippen molar-refractivity contribution in [3.63, 3.8) is 0 Å². The fourth-order valence-corrected chi connectivity index (χ4v) is 1.29. The molecule has 0 unspecified atom stereocenters. The lowest BCUT2D eigenvalue weighted by molar-refractivity contribution is -0.123. The molecule has 0 spiro atoms. The fraction of sp³-hybridized carbons (Fsp3) is 0.909. The molecule has 0 aromatic carbocycles. The average molecular weight is 216 g/mol. The van der Waals surface area contributed by atoms with Crippen molar-refractivity contribution in [1.29, 1.82) is 0 Å². The second kappa shape index (κ2) is 6.80. The van der Waals surface area contributed by atoms with Gasteiger partial charge in [-0.1, -0.05) is 27.2 Å². The average Bonchev–Trinajstić information content (AvgIpc) is 2.14. The lowest BCUT2D eigenvalue weighted by atomic mass is 9.89. The molecule has 0 aromatic rings. The highest BCUT2D eigenvalue weighted by atomic mass is 16.3. The van der Waals surface area contributed by atoms with Crippen molar-refractivity contribution in [3.05, 3.63) is 0 Å². The van der Waals surface area contributed by atoms with Crippen molar-refractivity contribution in [2.45, 2.75) is 46.1 Å². The Kier molecular flexibility index (Phi) is 6.52. The normalized spacial score (nSPS) is 13.7. The van der Waals surface area contributed by atoms with Gasteiger partial charge in [-0.2, -0.15) is 0 Å². The molecule has 0 fully saturated rings. The minimum atomic E-state index is -0.403. The van der Waals surface area contributed by atoms with Crippen LogP contribution in [0.25, 0.3) is 0 Å². The van der Waals surface area contributed by atoms with Gasteiger partial charge in [-0.05, 0) is 18.3 Å². The summed E-state index contributed by atoms with van der Waals surface area (Å²) in [5.41, 5.74) is 5.60. The van der Waals surface area contributed by atoms with E-state index in [1.807, 2.05) is 20.8 Å². The van der Waals surface area contributed by atoms with Crippen LogP contribution in [0.2, 0.25) is 0 Å². The van der Waals surface area contributed by atoms with Gasteiger partial charge in [0.1, 0.15) is 0 Å². The molecule has 0 radical (unpaired) electrons. The first-order valence-corrected chi connectivity index (χ1v) is 5.57. The van der Waals surface area contributed by atoms with Crippen molar-refractivity contribution in [3.8, 4) is 0 Å². The molecule has 0 aliphatic heterocycles. The largest absolute Gasteiger partial charge is 0.396 e. The molecular weight excluding hydrogens is 192 g/mol. The molecule has 1 amide bonds. The number of hydrogen-bond donors (Lipinski definition) is 3. The van der Waals surface area contributed by atoms with Crippen molar-refractivity contribution in [2.24, 2.45) is 11.1 Å². The van der Waals surface area contributed by atoms with Gasteiger partial charge in [0.05, 0.1) is 6.04 Å². The van der Waals surface area contributed by atoms with E-state index in [9.17, 15) is 4.79 Å². The second-order valence-electron chi connectivity index (χ2n) is 4.75. The topological polar surface area (TPSA) is 75.4 Å². The Labute approximate surface area is 92.2 Å². The molecule has 0 aromatic heterocycles. The molecule has 4 nitrogen and oxygen atoms in total. The van der Waals surface area contributed by atoms with Crippen molar-refractivity contribution < 1.29 is 9.90 Å². The first-order valence-electron chi connectivity index (χ1n) is 5.57. The van der Waals surface area contributed by atoms with Gasteiger partial charge in [-0.3, -0.25) is 4.79 Å². The van der Waals surface area contributed by atoms with Crippen LogP contribution in [0.5, 0.6) is 0 Å². The molecule has 4 heteroatoms. The van der Waals surface area contributed by atoms with Crippen LogP contribution in [-0.4, -0.2) is 30.2 Å². The summed E-state index contributed by atoms with van der Waals surface area (Å²) in [6.45, 7) is 6.72. The molecule has 0 saturated carbocycles. The molecule has 0 rings (SSSR count). The highest BCUT2D eigenvalue weighted by molar-refractivity contribution is 5.81. The molecule has 0 aliphatic rings. The number of hydrogen-bond acceptors (Lipinski definition) is 3. The van der Waals surface area contributed by atoms with E-state index in [1.54, 1.807) is 0 Å². The van der Waals surface area contributed by atoms with Crippen LogP contribution in [0.4, 0.5) is 0 Å². The first-order chi connectivity index (χ1) is 6.93. The van der Waals surface area contributed by atoms with E-state index in [0.717, 1.165) is 6.42 Å².